The van der Waals surface area contributed by atoms with Crippen molar-refractivity contribution in [2.75, 3.05) is 0 Å². The van der Waals surface area contributed by atoms with E-state index in [4.69, 9.17) is 4.74 Å². The first-order chi connectivity index (χ1) is 10.9. The largest absolute Gasteiger partial charge is 0.431 e. The second-order valence-corrected chi connectivity index (χ2v) is 9.26. The first kappa shape index (κ1) is 15.7. The van der Waals surface area contributed by atoms with Crippen molar-refractivity contribution in [1.29, 1.82) is 0 Å². The molecule has 0 aliphatic heterocycles. The van der Waals surface area contributed by atoms with Gasteiger partial charge >= 0.3 is 5.97 Å². The molecule has 0 spiro atoms. The predicted octanol–water partition coefficient (Wildman–Crippen LogP) is 5.48. The summed E-state index contributed by atoms with van der Waals surface area (Å²) in [4.78, 5) is 11.5. The molecule has 0 heterocycles. The van der Waals surface area contributed by atoms with Gasteiger partial charge in [0.05, 0.1) is 0 Å². The van der Waals surface area contributed by atoms with Crippen LogP contribution in [-0.4, -0.2) is 5.97 Å². The van der Waals surface area contributed by atoms with Crippen molar-refractivity contribution in [2.24, 2.45) is 34.5 Å². The standard InChI is InChI=1S/C21H32O2/c1-14(22)23-19-10-9-17-16-8-7-15-6-4-5-12-20(15,2)18(16)11-13-21(17,19)3/h10,15-18H,4-9,11-13H2,1-3H3/t15-,16+,17-,18+,20+,21-/m1/s1. The third-order valence-corrected chi connectivity index (χ3v) is 8.35. The van der Waals surface area contributed by atoms with Crippen LogP contribution < -0.4 is 0 Å². The molecule has 0 aromatic rings. The van der Waals surface area contributed by atoms with Gasteiger partial charge in [-0.05, 0) is 80.1 Å². The van der Waals surface area contributed by atoms with Crippen LogP contribution >= 0.6 is 0 Å². The summed E-state index contributed by atoms with van der Waals surface area (Å²) in [6.07, 6.45) is 14.6. The molecule has 2 heteroatoms. The number of ether oxygens (including phenoxy) is 1. The molecule has 2 nitrogen and oxygen atoms in total. The maximum atomic E-state index is 11.5. The van der Waals surface area contributed by atoms with Gasteiger partial charge in [-0.3, -0.25) is 4.79 Å². The van der Waals surface area contributed by atoms with Crippen molar-refractivity contribution in [2.45, 2.75) is 78.6 Å². The summed E-state index contributed by atoms with van der Waals surface area (Å²) in [5.74, 6) is 4.27. The maximum absolute atomic E-state index is 11.5. The number of esters is 1. The number of fused-ring (bicyclic) bond motifs is 5. The van der Waals surface area contributed by atoms with Gasteiger partial charge in [0.15, 0.2) is 0 Å². The smallest absolute Gasteiger partial charge is 0.307 e. The van der Waals surface area contributed by atoms with E-state index in [9.17, 15) is 4.79 Å². The van der Waals surface area contributed by atoms with E-state index in [2.05, 4.69) is 19.9 Å². The van der Waals surface area contributed by atoms with E-state index in [1.54, 1.807) is 0 Å². The predicted molar refractivity (Wildman–Crippen MR) is 91.6 cm³/mol. The molecule has 0 aromatic heterocycles. The van der Waals surface area contributed by atoms with Gasteiger partial charge < -0.3 is 4.74 Å². The fourth-order valence-electron chi connectivity index (χ4n) is 7.14. The SMILES string of the molecule is CC(=O)OC1=CC[C@@H]2[C@@H]3CC[C@H]4CCCC[C@]4(C)[C@H]3CC[C@@]12C. The molecule has 128 valence electrons. The molecule has 23 heavy (non-hydrogen) atoms. The fraction of sp³-hybridized carbons (Fsp3) is 0.857. The van der Waals surface area contributed by atoms with Crippen molar-refractivity contribution in [3.8, 4) is 0 Å². The Bertz CT molecular complexity index is 536. The van der Waals surface area contributed by atoms with Gasteiger partial charge in [0, 0.05) is 12.3 Å². The van der Waals surface area contributed by atoms with E-state index in [0.29, 0.717) is 11.3 Å². The Labute approximate surface area is 141 Å². The van der Waals surface area contributed by atoms with Crippen molar-refractivity contribution in [3.05, 3.63) is 11.8 Å². The van der Waals surface area contributed by atoms with Crippen LogP contribution in [0.3, 0.4) is 0 Å². The van der Waals surface area contributed by atoms with Crippen molar-refractivity contribution in [1.82, 2.24) is 0 Å². The van der Waals surface area contributed by atoms with E-state index in [0.717, 1.165) is 29.9 Å². The minimum absolute atomic E-state index is 0.116. The lowest BCUT2D eigenvalue weighted by atomic mass is 9.45. The molecule has 0 saturated heterocycles. The minimum atomic E-state index is -0.150. The summed E-state index contributed by atoms with van der Waals surface area (Å²) in [5.41, 5.74) is 0.706. The monoisotopic (exact) mass is 316 g/mol. The Morgan fingerprint density at radius 1 is 1.09 bits per heavy atom. The Kier molecular flexibility index (Phi) is 3.66. The molecular weight excluding hydrogens is 284 g/mol. The average molecular weight is 316 g/mol. The van der Waals surface area contributed by atoms with Crippen LogP contribution in [0.2, 0.25) is 0 Å². The van der Waals surface area contributed by atoms with Crippen molar-refractivity contribution < 1.29 is 9.53 Å². The first-order valence-electron chi connectivity index (χ1n) is 9.84. The zero-order valence-corrected chi connectivity index (χ0v) is 15.1. The quantitative estimate of drug-likeness (QED) is 0.599. The van der Waals surface area contributed by atoms with Crippen LogP contribution in [0.25, 0.3) is 0 Å². The second-order valence-electron chi connectivity index (χ2n) is 9.26. The minimum Gasteiger partial charge on any atom is -0.431 e. The molecule has 3 saturated carbocycles. The van der Waals surface area contributed by atoms with Crippen LogP contribution in [0, 0.1) is 34.5 Å². The van der Waals surface area contributed by atoms with E-state index in [1.165, 1.54) is 58.3 Å². The molecular formula is C21H32O2. The summed E-state index contributed by atoms with van der Waals surface area (Å²) in [5, 5.41) is 0. The summed E-state index contributed by atoms with van der Waals surface area (Å²) in [7, 11) is 0. The number of carbonyl (C=O) groups is 1. The third-order valence-electron chi connectivity index (χ3n) is 8.35. The Morgan fingerprint density at radius 3 is 2.70 bits per heavy atom. The lowest BCUT2D eigenvalue weighted by Gasteiger charge is -2.60. The zero-order chi connectivity index (χ0) is 16.2. The number of carbonyl (C=O) groups excluding carboxylic acids is 1. The summed E-state index contributed by atoms with van der Waals surface area (Å²) in [6, 6.07) is 0. The number of hydrogen-bond acceptors (Lipinski definition) is 2. The van der Waals surface area contributed by atoms with Crippen molar-refractivity contribution in [3.63, 3.8) is 0 Å². The molecule has 4 aliphatic carbocycles. The Hall–Kier alpha value is -0.790. The molecule has 0 unspecified atom stereocenters. The van der Waals surface area contributed by atoms with E-state index >= 15 is 0 Å². The van der Waals surface area contributed by atoms with E-state index in [-0.39, 0.29) is 11.4 Å². The lowest BCUT2D eigenvalue weighted by molar-refractivity contribution is -0.142. The second kappa shape index (κ2) is 5.36. The van der Waals surface area contributed by atoms with Crippen LogP contribution in [0.1, 0.15) is 78.6 Å². The maximum Gasteiger partial charge on any atom is 0.307 e. The lowest BCUT2D eigenvalue weighted by Crippen LogP contribution is -2.52. The number of hydrogen-bond donors (Lipinski definition) is 0. The average Bonchev–Trinajstić information content (AvgIpc) is 2.83. The van der Waals surface area contributed by atoms with Gasteiger partial charge in [-0.15, -0.1) is 0 Å². The van der Waals surface area contributed by atoms with Crippen LogP contribution in [0.4, 0.5) is 0 Å². The summed E-state index contributed by atoms with van der Waals surface area (Å²) >= 11 is 0. The molecule has 0 amide bonds. The Morgan fingerprint density at radius 2 is 1.91 bits per heavy atom. The number of allylic oxidation sites excluding steroid dienone is 2. The molecule has 0 aromatic carbocycles. The fourth-order valence-corrected chi connectivity index (χ4v) is 7.14. The molecule has 3 fully saturated rings. The molecule has 0 radical (unpaired) electrons. The van der Waals surface area contributed by atoms with Crippen LogP contribution in [0.15, 0.2) is 11.8 Å². The molecule has 4 aliphatic rings. The Balaban J connectivity index is 1.60. The van der Waals surface area contributed by atoms with Gasteiger partial charge in [0.25, 0.3) is 0 Å². The summed E-state index contributed by atoms with van der Waals surface area (Å²) in [6.45, 7) is 6.52. The van der Waals surface area contributed by atoms with E-state index < -0.39 is 0 Å². The summed E-state index contributed by atoms with van der Waals surface area (Å²) < 4.78 is 5.62. The van der Waals surface area contributed by atoms with Gasteiger partial charge in [-0.2, -0.15) is 0 Å². The molecule has 0 bridgehead atoms. The number of rotatable bonds is 1. The molecule has 6 atom stereocenters. The van der Waals surface area contributed by atoms with Crippen molar-refractivity contribution >= 4 is 5.97 Å². The third kappa shape index (κ3) is 2.23. The highest BCUT2D eigenvalue weighted by molar-refractivity contribution is 5.67. The van der Waals surface area contributed by atoms with Crippen LogP contribution in [-0.2, 0) is 9.53 Å². The highest BCUT2D eigenvalue weighted by Gasteiger charge is 2.58. The normalized spacial score (nSPS) is 48.7. The highest BCUT2D eigenvalue weighted by Crippen LogP contribution is 2.66. The molecule has 0 N–H and O–H groups in total. The van der Waals surface area contributed by atoms with Crippen LogP contribution in [0.5, 0.6) is 0 Å². The van der Waals surface area contributed by atoms with Gasteiger partial charge in [0.2, 0.25) is 0 Å². The van der Waals surface area contributed by atoms with Gasteiger partial charge in [-0.1, -0.05) is 26.7 Å². The van der Waals surface area contributed by atoms with Gasteiger partial charge in [-0.25, -0.2) is 0 Å². The zero-order valence-electron chi connectivity index (χ0n) is 15.1. The highest BCUT2D eigenvalue weighted by atomic mass is 16.5. The van der Waals surface area contributed by atoms with Gasteiger partial charge in [0.1, 0.15) is 5.76 Å². The van der Waals surface area contributed by atoms with E-state index in [1.807, 2.05) is 0 Å². The molecule has 4 rings (SSSR count). The topological polar surface area (TPSA) is 26.3 Å². The first-order valence-corrected chi connectivity index (χ1v) is 9.84.